The van der Waals surface area contributed by atoms with E-state index in [0.29, 0.717) is 17.3 Å². The fourth-order valence-electron chi connectivity index (χ4n) is 3.50. The Morgan fingerprint density at radius 3 is 2.96 bits per heavy atom. The van der Waals surface area contributed by atoms with Gasteiger partial charge in [-0.1, -0.05) is 23.7 Å². The Balaban J connectivity index is 1.62. The highest BCUT2D eigenvalue weighted by molar-refractivity contribution is 7.13. The molecule has 26 heavy (non-hydrogen) atoms. The third-order valence-electron chi connectivity index (χ3n) is 4.74. The molecular formula is C19H20ClN4OS+. The Kier molecular flexibility index (Phi) is 4.46. The molecule has 0 aliphatic carbocycles. The summed E-state index contributed by atoms with van der Waals surface area (Å²) in [5, 5.41) is 9.09. The van der Waals surface area contributed by atoms with Gasteiger partial charge in [0.2, 0.25) is 0 Å². The molecule has 0 bridgehead atoms. The van der Waals surface area contributed by atoms with Crippen molar-refractivity contribution in [2.75, 3.05) is 5.32 Å². The van der Waals surface area contributed by atoms with Crippen LogP contribution in [-0.4, -0.2) is 22.1 Å². The van der Waals surface area contributed by atoms with Crippen LogP contribution in [-0.2, 0) is 20.0 Å². The van der Waals surface area contributed by atoms with Crippen LogP contribution in [0.3, 0.4) is 0 Å². The van der Waals surface area contributed by atoms with E-state index in [0.717, 1.165) is 12.1 Å². The average Bonchev–Trinajstić information content (AvgIpc) is 3.20. The van der Waals surface area contributed by atoms with Gasteiger partial charge < -0.3 is 10.2 Å². The number of amides is 2. The molecule has 0 radical (unpaired) electrons. The van der Waals surface area contributed by atoms with Crippen molar-refractivity contribution >= 4 is 34.7 Å². The number of aromatic amines is 1. The second kappa shape index (κ2) is 6.78. The number of aryl methyl sites for hydroxylation is 1. The van der Waals surface area contributed by atoms with Crippen molar-refractivity contribution < 1.29 is 9.48 Å². The first-order valence-corrected chi connectivity index (χ1v) is 9.75. The molecule has 7 heteroatoms. The number of carbonyl (C=O) groups excluding carboxylic acids is 1. The molecule has 1 aromatic carbocycles. The molecule has 0 fully saturated rings. The zero-order valence-corrected chi connectivity index (χ0v) is 16.2. The van der Waals surface area contributed by atoms with Gasteiger partial charge in [-0.25, -0.2) is 4.79 Å². The summed E-state index contributed by atoms with van der Waals surface area (Å²) in [6.07, 6.45) is 0.803. The zero-order valence-electron chi connectivity index (χ0n) is 14.6. The highest BCUT2D eigenvalue weighted by atomic mass is 35.5. The third kappa shape index (κ3) is 3.10. The smallest absolute Gasteiger partial charge is 0.317 e. The zero-order chi connectivity index (χ0) is 18.3. The van der Waals surface area contributed by atoms with Gasteiger partial charge in [-0.15, -0.1) is 16.0 Å². The van der Waals surface area contributed by atoms with Crippen molar-refractivity contribution in [3.8, 4) is 10.6 Å². The largest absolute Gasteiger partial charge is 0.322 e. The Morgan fingerprint density at radius 2 is 2.23 bits per heavy atom. The van der Waals surface area contributed by atoms with Crippen LogP contribution in [0.2, 0.25) is 5.02 Å². The van der Waals surface area contributed by atoms with E-state index in [1.807, 2.05) is 24.1 Å². The Morgan fingerprint density at radius 1 is 1.38 bits per heavy atom. The molecule has 134 valence electrons. The van der Waals surface area contributed by atoms with Crippen LogP contribution >= 0.6 is 22.9 Å². The molecule has 3 aromatic rings. The molecule has 1 aliphatic heterocycles. The molecule has 2 N–H and O–H groups in total. The van der Waals surface area contributed by atoms with Crippen LogP contribution in [0.15, 0.2) is 41.8 Å². The molecule has 3 heterocycles. The molecule has 0 unspecified atom stereocenters. The summed E-state index contributed by atoms with van der Waals surface area (Å²) in [7, 11) is 2.02. The number of aromatic nitrogens is 2. The van der Waals surface area contributed by atoms with Crippen molar-refractivity contribution in [3.63, 3.8) is 0 Å². The number of thiophene rings is 1. The van der Waals surface area contributed by atoms with Crippen molar-refractivity contribution in [2.24, 2.45) is 7.05 Å². The lowest BCUT2D eigenvalue weighted by Gasteiger charge is -2.32. The standard InChI is InChI=1S/C19H19ClN4OS/c1-12-9-16-15(18(23(2)22-16)17-7-4-8-26-17)11-24(12)19(25)21-14-6-3-5-13(20)10-14/h3-8,10,12H,9,11H2,1-2H3,(H,21,25)/p+1/t12-/m0/s1. The number of urea groups is 1. The first kappa shape index (κ1) is 17.1. The van der Waals surface area contributed by atoms with E-state index >= 15 is 0 Å². The van der Waals surface area contributed by atoms with Gasteiger partial charge in [-0.3, -0.25) is 0 Å². The third-order valence-corrected chi connectivity index (χ3v) is 5.85. The van der Waals surface area contributed by atoms with Gasteiger partial charge in [0.15, 0.2) is 7.05 Å². The molecule has 1 aliphatic rings. The molecule has 0 saturated heterocycles. The topological polar surface area (TPSA) is 52.0 Å². The summed E-state index contributed by atoms with van der Waals surface area (Å²) in [5.74, 6) is 0. The first-order chi connectivity index (χ1) is 12.5. The summed E-state index contributed by atoms with van der Waals surface area (Å²) in [4.78, 5) is 15.9. The number of H-pyrrole nitrogens is 1. The van der Waals surface area contributed by atoms with Crippen LogP contribution < -0.4 is 10.00 Å². The molecule has 0 spiro atoms. The fourth-order valence-corrected chi connectivity index (χ4v) is 4.53. The summed E-state index contributed by atoms with van der Waals surface area (Å²) in [5.41, 5.74) is 4.26. The fraction of sp³-hybridized carbons (Fsp3) is 0.263. The van der Waals surface area contributed by atoms with Gasteiger partial charge >= 0.3 is 6.03 Å². The number of rotatable bonds is 2. The second-order valence-corrected chi connectivity index (χ2v) is 7.96. The Bertz CT molecular complexity index is 951. The van der Waals surface area contributed by atoms with Crippen LogP contribution in [0.4, 0.5) is 10.5 Å². The van der Waals surface area contributed by atoms with Crippen LogP contribution in [0, 0.1) is 0 Å². The van der Waals surface area contributed by atoms with Crippen LogP contribution in [0.25, 0.3) is 10.6 Å². The average molecular weight is 388 g/mol. The minimum Gasteiger partial charge on any atom is -0.317 e. The van der Waals surface area contributed by atoms with E-state index < -0.39 is 0 Å². The van der Waals surface area contributed by atoms with Gasteiger partial charge in [-0.2, -0.15) is 5.10 Å². The molecule has 4 rings (SSSR count). The number of benzene rings is 1. The molecular weight excluding hydrogens is 368 g/mol. The maximum atomic E-state index is 12.9. The Hall–Kier alpha value is -2.31. The van der Waals surface area contributed by atoms with Gasteiger partial charge in [-0.05, 0) is 36.6 Å². The summed E-state index contributed by atoms with van der Waals surface area (Å²) in [6, 6.07) is 11.4. The quantitative estimate of drug-likeness (QED) is 0.636. The van der Waals surface area contributed by atoms with E-state index in [2.05, 4.69) is 39.5 Å². The number of hydrogen-bond acceptors (Lipinski definition) is 2. The van der Waals surface area contributed by atoms with E-state index in [-0.39, 0.29) is 12.1 Å². The highest BCUT2D eigenvalue weighted by Crippen LogP contribution is 2.32. The minimum atomic E-state index is -0.105. The molecule has 2 aromatic heterocycles. The number of fused-ring (bicyclic) bond motifs is 1. The number of carbonyl (C=O) groups is 1. The molecule has 0 saturated carbocycles. The summed E-state index contributed by atoms with van der Waals surface area (Å²) in [6.45, 7) is 2.65. The maximum Gasteiger partial charge on any atom is 0.322 e. The normalized spacial score (nSPS) is 16.4. The predicted octanol–water partition coefficient (Wildman–Crippen LogP) is 4.20. The molecule has 2 amide bonds. The number of halogens is 1. The van der Waals surface area contributed by atoms with Gasteiger partial charge in [0.1, 0.15) is 4.88 Å². The lowest BCUT2D eigenvalue weighted by molar-refractivity contribution is -0.717. The summed E-state index contributed by atoms with van der Waals surface area (Å²) >= 11 is 7.73. The first-order valence-electron chi connectivity index (χ1n) is 8.49. The van der Waals surface area contributed by atoms with Gasteiger partial charge in [0.25, 0.3) is 5.69 Å². The number of nitrogens with one attached hydrogen (secondary N) is 2. The van der Waals surface area contributed by atoms with Crippen molar-refractivity contribution in [2.45, 2.75) is 25.9 Å². The lowest BCUT2D eigenvalue weighted by Crippen LogP contribution is -2.44. The lowest BCUT2D eigenvalue weighted by atomic mass is 9.99. The second-order valence-electron chi connectivity index (χ2n) is 6.58. The van der Waals surface area contributed by atoms with E-state index in [1.54, 1.807) is 23.5 Å². The summed E-state index contributed by atoms with van der Waals surface area (Å²) < 4.78 is 2.06. The molecule has 5 nitrogen and oxygen atoms in total. The molecule has 1 atom stereocenters. The van der Waals surface area contributed by atoms with E-state index in [1.165, 1.54) is 16.1 Å². The minimum absolute atomic E-state index is 0.105. The maximum absolute atomic E-state index is 12.9. The van der Waals surface area contributed by atoms with E-state index in [4.69, 9.17) is 11.6 Å². The van der Waals surface area contributed by atoms with Crippen molar-refractivity contribution in [1.82, 2.24) is 10.00 Å². The van der Waals surface area contributed by atoms with Crippen molar-refractivity contribution in [3.05, 3.63) is 58.1 Å². The predicted molar refractivity (Wildman–Crippen MR) is 104 cm³/mol. The van der Waals surface area contributed by atoms with Crippen molar-refractivity contribution in [1.29, 1.82) is 0 Å². The van der Waals surface area contributed by atoms with Gasteiger partial charge in [0.05, 0.1) is 17.8 Å². The Labute approximate surface area is 161 Å². The SMILES string of the molecule is C[C@H]1Cc2[nH][n+](C)c(-c3cccs3)c2CN1C(=O)Nc1cccc(Cl)c1. The number of hydrogen-bond donors (Lipinski definition) is 2. The monoisotopic (exact) mass is 387 g/mol. The van der Waals surface area contributed by atoms with Gasteiger partial charge in [0, 0.05) is 23.2 Å². The van der Waals surface area contributed by atoms with E-state index in [9.17, 15) is 4.79 Å². The van der Waals surface area contributed by atoms with Crippen LogP contribution in [0.1, 0.15) is 18.2 Å². The number of nitrogens with zero attached hydrogens (tertiary/aromatic N) is 2. The number of anilines is 1. The highest BCUT2D eigenvalue weighted by Gasteiger charge is 2.35. The van der Waals surface area contributed by atoms with Crippen LogP contribution in [0.5, 0.6) is 0 Å².